The number of carbonyl (C=O) groups excluding carboxylic acids is 7. The lowest BCUT2D eigenvalue weighted by Gasteiger charge is -2.36. The van der Waals surface area contributed by atoms with Crippen LogP contribution in [0, 0.1) is 17.6 Å². The molecule has 3 fully saturated rings. The van der Waals surface area contributed by atoms with Crippen LogP contribution in [-0.4, -0.2) is 136 Å². The van der Waals surface area contributed by atoms with Crippen LogP contribution in [0.4, 0.5) is 32.4 Å². The minimum absolute atomic E-state index is 0.0700. The smallest absolute Gasteiger partial charge is 0.458 e. The van der Waals surface area contributed by atoms with Gasteiger partial charge in [-0.25, -0.2) is 18.4 Å². The third-order valence-corrected chi connectivity index (χ3v) is 10.6. The van der Waals surface area contributed by atoms with Gasteiger partial charge in [0, 0.05) is 44.7 Å². The first-order chi connectivity index (χ1) is 28.5. The number of hydrogen-bond donors (Lipinski definition) is 5. The molecule has 5 N–H and O–H groups in total. The van der Waals surface area contributed by atoms with E-state index in [4.69, 9.17) is 4.74 Å². The van der Waals surface area contributed by atoms with Crippen LogP contribution in [-0.2, 0) is 39.9 Å². The number of nitrogens with zero attached hydrogens (tertiary/aromatic N) is 3. The highest BCUT2D eigenvalue weighted by molar-refractivity contribution is 5.98. The van der Waals surface area contributed by atoms with Gasteiger partial charge in [0.2, 0.25) is 29.5 Å². The van der Waals surface area contributed by atoms with Crippen LogP contribution in [0.5, 0.6) is 5.75 Å². The third-order valence-electron chi connectivity index (χ3n) is 10.6. The SMILES string of the molecule is C[C@@H]1C[C@H]2C(=O)O[C@@H](C)[C@H](NC(=O)[C@H](Cc3cc(F)cc(F)c3)NC(=O)Nc3ccc(OC(F)(F)F)cc3)C(=O)N3C[C@H](O)C[C@H]3C(=O)N(C)[C@@H](C)C(=O)N[C@@H](C)C(=O)N2C1. The van der Waals surface area contributed by atoms with Gasteiger partial charge in [-0.2, -0.15) is 0 Å². The van der Waals surface area contributed by atoms with Gasteiger partial charge in [-0.15, -0.1) is 13.2 Å². The van der Waals surface area contributed by atoms with E-state index in [9.17, 15) is 60.6 Å². The van der Waals surface area contributed by atoms with E-state index in [-0.39, 0.29) is 36.6 Å². The van der Waals surface area contributed by atoms with E-state index in [1.165, 1.54) is 32.7 Å². The molecule has 0 spiro atoms. The number of urea groups is 1. The summed E-state index contributed by atoms with van der Waals surface area (Å²) < 4.78 is 76.1. The molecule has 2 aromatic rings. The zero-order chi connectivity index (χ0) is 45.1. The minimum Gasteiger partial charge on any atom is -0.458 e. The molecule has 3 aliphatic heterocycles. The molecule has 0 unspecified atom stereocenters. The predicted molar refractivity (Wildman–Crippen MR) is 202 cm³/mol. The molecule has 0 bridgehead atoms. The monoisotopic (exact) mass is 867 g/mol. The highest BCUT2D eigenvalue weighted by Gasteiger charge is 2.48. The summed E-state index contributed by atoms with van der Waals surface area (Å²) in [6.07, 6.45) is -8.57. The highest BCUT2D eigenvalue weighted by Crippen LogP contribution is 2.28. The average molecular weight is 868 g/mol. The second-order valence-corrected chi connectivity index (χ2v) is 15.4. The summed E-state index contributed by atoms with van der Waals surface area (Å²) in [7, 11) is 1.29. The normalized spacial score (nSPS) is 27.1. The fraction of sp³-hybridized carbons (Fsp3) is 0.513. The number of hydrogen-bond acceptors (Lipinski definition) is 10. The second kappa shape index (κ2) is 18.7. The number of fused-ring (bicyclic) bond motifs is 2. The van der Waals surface area contributed by atoms with Crippen molar-refractivity contribution in [1.82, 2.24) is 30.7 Å². The number of halogens is 5. The Morgan fingerprint density at radius 3 is 2.15 bits per heavy atom. The molecule has 0 radical (unpaired) electrons. The number of carbonyl (C=O) groups is 7. The molecular formula is C39H46F5N7O10. The van der Waals surface area contributed by atoms with Gasteiger partial charge in [-0.05, 0) is 75.1 Å². The number of cyclic esters (lactones) is 1. The lowest BCUT2D eigenvalue weighted by molar-refractivity contribution is -0.274. The average Bonchev–Trinajstić information content (AvgIpc) is 3.76. The van der Waals surface area contributed by atoms with E-state index < -0.39 is 127 Å². The van der Waals surface area contributed by atoms with Crippen molar-refractivity contribution in [2.75, 3.05) is 25.5 Å². The van der Waals surface area contributed by atoms with Crippen LogP contribution in [0.3, 0.4) is 0 Å². The molecule has 0 saturated carbocycles. The molecular weight excluding hydrogens is 821 g/mol. The molecule has 0 aromatic heterocycles. The van der Waals surface area contributed by atoms with Gasteiger partial charge in [0.25, 0.3) is 0 Å². The lowest BCUT2D eigenvalue weighted by atomic mass is 10.0. The van der Waals surface area contributed by atoms with E-state index >= 15 is 0 Å². The molecule has 61 heavy (non-hydrogen) atoms. The Bertz CT molecular complexity index is 2000. The third kappa shape index (κ3) is 11.4. The standard InChI is InChI=1S/C39H46F5N7O10/c1-18-10-30-37(58)60-21(4)31(36(57)51-17-26(52)15-29(51)35(56)49(5)20(3)32(53)45-19(2)34(55)50(30)16-18)48-33(54)28(13-22-11-23(40)14-24(41)12-22)47-38(59)46-25-6-8-27(9-7-25)61-39(42,43)44/h6-9,11-12,14,18-21,26,28-31,52H,10,13,15-17H2,1-5H3,(H,45,53)(H,48,54)(H2,46,47,59)/t18-,19+,20+,21+,26-,28+,29+,30+,31+/m1/s1. The molecule has 332 valence electrons. The van der Waals surface area contributed by atoms with Crippen LogP contribution in [0.2, 0.25) is 0 Å². The maximum atomic E-state index is 14.6. The molecule has 7 amide bonds. The summed E-state index contributed by atoms with van der Waals surface area (Å²) >= 11 is 0. The first-order valence-electron chi connectivity index (χ1n) is 19.3. The van der Waals surface area contributed by atoms with Crippen molar-refractivity contribution in [3.05, 3.63) is 59.7 Å². The van der Waals surface area contributed by atoms with Crippen molar-refractivity contribution in [2.45, 2.75) is 102 Å². The van der Waals surface area contributed by atoms with Crippen LogP contribution >= 0.6 is 0 Å². The van der Waals surface area contributed by atoms with Gasteiger partial charge >= 0.3 is 18.4 Å². The van der Waals surface area contributed by atoms with E-state index in [2.05, 4.69) is 26.0 Å². The van der Waals surface area contributed by atoms with Gasteiger partial charge < -0.3 is 50.5 Å². The molecule has 17 nitrogen and oxygen atoms in total. The first-order valence-corrected chi connectivity index (χ1v) is 19.3. The van der Waals surface area contributed by atoms with E-state index in [1.54, 1.807) is 6.92 Å². The molecule has 3 heterocycles. The number of anilines is 1. The summed E-state index contributed by atoms with van der Waals surface area (Å²) in [6, 6.07) is -3.44. The second-order valence-electron chi connectivity index (χ2n) is 15.4. The quantitative estimate of drug-likeness (QED) is 0.200. The summed E-state index contributed by atoms with van der Waals surface area (Å²) in [6.45, 7) is 5.50. The van der Waals surface area contributed by atoms with Crippen molar-refractivity contribution < 1.29 is 70.1 Å². The number of benzene rings is 2. The zero-order valence-electron chi connectivity index (χ0n) is 33.6. The van der Waals surface area contributed by atoms with Crippen molar-refractivity contribution in [2.24, 2.45) is 5.92 Å². The summed E-state index contributed by atoms with van der Waals surface area (Å²) in [5.41, 5.74) is -0.210. The highest BCUT2D eigenvalue weighted by atomic mass is 19.4. The van der Waals surface area contributed by atoms with Gasteiger partial charge in [-0.3, -0.25) is 24.0 Å². The van der Waals surface area contributed by atoms with Crippen LogP contribution in [0.25, 0.3) is 0 Å². The van der Waals surface area contributed by atoms with E-state index in [1.807, 2.05) is 0 Å². The molecule has 22 heteroatoms. The Kier molecular flexibility index (Phi) is 14.1. The molecule has 3 aliphatic rings. The number of aliphatic hydroxyl groups excluding tert-OH is 1. The van der Waals surface area contributed by atoms with Crippen molar-refractivity contribution in [3.8, 4) is 5.75 Å². The van der Waals surface area contributed by atoms with Crippen LogP contribution < -0.4 is 26.0 Å². The number of nitrogens with one attached hydrogen (secondary N) is 4. The van der Waals surface area contributed by atoms with Crippen molar-refractivity contribution in [3.63, 3.8) is 0 Å². The van der Waals surface area contributed by atoms with Gasteiger partial charge in [0.15, 0.2) is 0 Å². The van der Waals surface area contributed by atoms with Gasteiger partial charge in [-0.1, -0.05) is 6.92 Å². The lowest BCUT2D eigenvalue weighted by Crippen LogP contribution is -2.62. The molecule has 5 rings (SSSR count). The summed E-state index contributed by atoms with van der Waals surface area (Å²) in [5, 5.41) is 20.3. The molecule has 3 saturated heterocycles. The van der Waals surface area contributed by atoms with Crippen LogP contribution in [0.1, 0.15) is 46.1 Å². The van der Waals surface area contributed by atoms with Gasteiger partial charge in [0.1, 0.15) is 59.7 Å². The first kappa shape index (κ1) is 46.0. The number of aliphatic hydroxyl groups is 1. The Morgan fingerprint density at radius 1 is 0.902 bits per heavy atom. The predicted octanol–water partition coefficient (Wildman–Crippen LogP) is 1.58. The fourth-order valence-corrected chi connectivity index (χ4v) is 7.43. The van der Waals surface area contributed by atoms with Crippen LogP contribution in [0.15, 0.2) is 42.5 Å². The Balaban J connectivity index is 1.49. The Hall–Kier alpha value is -6.06. The topological polar surface area (TPSA) is 216 Å². The number of ether oxygens (including phenoxy) is 2. The molecule has 0 aliphatic carbocycles. The Morgan fingerprint density at radius 2 is 1.52 bits per heavy atom. The number of likely N-dealkylation sites (N-methyl/N-ethyl adjacent to an activating group) is 1. The largest absolute Gasteiger partial charge is 0.573 e. The Labute approximate surface area is 346 Å². The zero-order valence-corrected chi connectivity index (χ0v) is 33.6. The van der Waals surface area contributed by atoms with E-state index in [0.29, 0.717) is 6.07 Å². The van der Waals surface area contributed by atoms with E-state index in [0.717, 1.165) is 46.2 Å². The fourth-order valence-electron chi connectivity index (χ4n) is 7.43. The van der Waals surface area contributed by atoms with Crippen molar-refractivity contribution in [1.29, 1.82) is 0 Å². The summed E-state index contributed by atoms with van der Waals surface area (Å²) in [4.78, 5) is 99.9. The number of amides is 7. The molecule has 9 atom stereocenters. The maximum Gasteiger partial charge on any atom is 0.573 e. The maximum absolute atomic E-state index is 14.6. The molecule has 2 aromatic carbocycles. The van der Waals surface area contributed by atoms with Gasteiger partial charge in [0.05, 0.1) is 6.10 Å². The number of rotatable bonds is 7. The van der Waals surface area contributed by atoms with Crippen molar-refractivity contribution >= 4 is 47.2 Å². The minimum atomic E-state index is -4.99. The number of alkyl halides is 3. The number of esters is 1. The summed E-state index contributed by atoms with van der Waals surface area (Å²) in [5.74, 6) is -8.19.